The Balaban J connectivity index is 2.27. The second kappa shape index (κ2) is 5.32. The molecule has 0 bridgehead atoms. The highest BCUT2D eigenvalue weighted by atomic mass is 19.1. The predicted octanol–water partition coefficient (Wildman–Crippen LogP) is 2.68. The fraction of sp³-hybridized carbons (Fsp3) is 0.214. The highest BCUT2D eigenvalue weighted by Gasteiger charge is 2.27. The van der Waals surface area contributed by atoms with E-state index in [1.165, 1.54) is 24.3 Å². The Bertz CT molecular complexity index is 542. The van der Waals surface area contributed by atoms with Crippen molar-refractivity contribution in [2.24, 2.45) is 0 Å². The molecule has 2 N–H and O–H groups in total. The lowest BCUT2D eigenvalue weighted by molar-refractivity contribution is 0.221. The summed E-state index contributed by atoms with van der Waals surface area (Å²) in [5.74, 6) is -0.776. The first kappa shape index (κ1) is 13.4. The number of pyridine rings is 1. The summed E-state index contributed by atoms with van der Waals surface area (Å²) in [6.07, 6.45) is 1.09. The van der Waals surface area contributed by atoms with Crippen LogP contribution in [-0.2, 0) is 5.54 Å². The minimum atomic E-state index is -0.870. The number of nitrogens with one attached hydrogen (secondary N) is 1. The molecule has 0 amide bonds. The van der Waals surface area contributed by atoms with Gasteiger partial charge in [-0.25, -0.2) is 8.78 Å². The summed E-state index contributed by atoms with van der Waals surface area (Å²) in [5, 5.41) is 12.6. The maximum atomic E-state index is 12.9. The van der Waals surface area contributed by atoms with Crippen molar-refractivity contribution in [3.8, 4) is 0 Å². The maximum absolute atomic E-state index is 12.9. The van der Waals surface area contributed by atoms with Gasteiger partial charge in [-0.2, -0.15) is 0 Å². The molecule has 0 aliphatic heterocycles. The van der Waals surface area contributed by atoms with Crippen LogP contribution in [0.5, 0.6) is 0 Å². The number of nitrogens with zero attached hydrogens (tertiary/aromatic N) is 1. The topological polar surface area (TPSA) is 45.1 Å². The fourth-order valence-electron chi connectivity index (χ4n) is 1.74. The van der Waals surface area contributed by atoms with Crippen LogP contribution in [0.25, 0.3) is 0 Å². The molecule has 0 spiro atoms. The van der Waals surface area contributed by atoms with E-state index in [-0.39, 0.29) is 12.4 Å². The van der Waals surface area contributed by atoms with Gasteiger partial charge in [0.25, 0.3) is 0 Å². The first-order chi connectivity index (χ1) is 9.03. The summed E-state index contributed by atoms with van der Waals surface area (Å²) >= 11 is 0. The molecule has 2 aromatic rings. The second-order valence-electron chi connectivity index (χ2n) is 4.48. The molecule has 19 heavy (non-hydrogen) atoms. The number of aromatic nitrogens is 1. The Kier molecular flexibility index (Phi) is 3.76. The van der Waals surface area contributed by atoms with Gasteiger partial charge >= 0.3 is 0 Å². The van der Waals surface area contributed by atoms with E-state index in [4.69, 9.17) is 0 Å². The van der Waals surface area contributed by atoms with Gasteiger partial charge in [0.15, 0.2) is 0 Å². The van der Waals surface area contributed by atoms with E-state index < -0.39 is 11.4 Å². The van der Waals surface area contributed by atoms with Gasteiger partial charge < -0.3 is 10.4 Å². The van der Waals surface area contributed by atoms with E-state index in [2.05, 4.69) is 10.3 Å². The van der Waals surface area contributed by atoms with E-state index in [1.807, 2.05) is 0 Å². The Morgan fingerprint density at radius 3 is 2.26 bits per heavy atom. The van der Waals surface area contributed by atoms with Gasteiger partial charge in [-0.15, -0.1) is 0 Å². The van der Waals surface area contributed by atoms with Crippen molar-refractivity contribution < 1.29 is 13.9 Å². The molecule has 2 rings (SSSR count). The summed E-state index contributed by atoms with van der Waals surface area (Å²) < 4.78 is 25.7. The van der Waals surface area contributed by atoms with E-state index in [0.29, 0.717) is 11.4 Å². The minimum Gasteiger partial charge on any atom is -0.394 e. The molecule has 1 heterocycles. The quantitative estimate of drug-likeness (QED) is 0.892. The molecular formula is C14H14F2N2O. The number of hydrogen-bond acceptors (Lipinski definition) is 3. The van der Waals surface area contributed by atoms with Gasteiger partial charge in [-0.3, -0.25) is 4.98 Å². The van der Waals surface area contributed by atoms with Gasteiger partial charge in [0.1, 0.15) is 11.6 Å². The van der Waals surface area contributed by atoms with Gasteiger partial charge in [-0.1, -0.05) is 0 Å². The van der Waals surface area contributed by atoms with Crippen molar-refractivity contribution in [1.29, 1.82) is 0 Å². The number of halogens is 2. The summed E-state index contributed by atoms with van der Waals surface area (Å²) in [5.41, 5.74) is 0.274. The Morgan fingerprint density at radius 2 is 1.74 bits per heavy atom. The van der Waals surface area contributed by atoms with Gasteiger partial charge in [-0.05, 0) is 43.3 Å². The lowest BCUT2D eigenvalue weighted by Gasteiger charge is -2.29. The van der Waals surface area contributed by atoms with Crippen molar-refractivity contribution in [2.45, 2.75) is 12.5 Å². The zero-order valence-electron chi connectivity index (χ0n) is 10.4. The van der Waals surface area contributed by atoms with E-state index in [9.17, 15) is 13.9 Å². The SMILES string of the molecule is CC(CO)(Nc1ccc(F)cc1)c1ccc(F)cn1. The van der Waals surface area contributed by atoms with E-state index in [0.717, 1.165) is 6.20 Å². The van der Waals surface area contributed by atoms with E-state index >= 15 is 0 Å². The molecule has 1 atom stereocenters. The first-order valence-corrected chi connectivity index (χ1v) is 5.80. The highest BCUT2D eigenvalue weighted by molar-refractivity contribution is 5.46. The number of anilines is 1. The average molecular weight is 264 g/mol. The molecule has 1 aromatic heterocycles. The van der Waals surface area contributed by atoms with Gasteiger partial charge in [0, 0.05) is 5.69 Å². The standard InChI is InChI=1S/C14H14F2N2O/c1-14(9-19,13-7-4-11(16)8-17-13)18-12-5-2-10(15)3-6-12/h2-8,18-19H,9H2,1H3. The largest absolute Gasteiger partial charge is 0.394 e. The number of rotatable bonds is 4. The lowest BCUT2D eigenvalue weighted by atomic mass is 9.97. The van der Waals surface area contributed by atoms with Crippen LogP contribution >= 0.6 is 0 Å². The molecule has 0 fully saturated rings. The van der Waals surface area contributed by atoms with Crippen LogP contribution in [0.4, 0.5) is 14.5 Å². The molecule has 3 nitrogen and oxygen atoms in total. The minimum absolute atomic E-state index is 0.233. The molecule has 0 saturated heterocycles. The smallest absolute Gasteiger partial charge is 0.141 e. The third kappa shape index (κ3) is 3.06. The second-order valence-corrected chi connectivity index (χ2v) is 4.48. The number of aliphatic hydroxyl groups is 1. The third-order valence-corrected chi connectivity index (χ3v) is 2.87. The molecule has 1 aromatic carbocycles. The fourth-order valence-corrected chi connectivity index (χ4v) is 1.74. The summed E-state index contributed by atoms with van der Waals surface area (Å²) in [6, 6.07) is 8.54. The van der Waals surface area contributed by atoms with E-state index in [1.54, 1.807) is 19.1 Å². The normalized spacial score (nSPS) is 13.9. The van der Waals surface area contributed by atoms with Crippen LogP contribution in [0.15, 0.2) is 42.6 Å². The molecule has 1 unspecified atom stereocenters. The van der Waals surface area contributed by atoms with Crippen LogP contribution in [0.1, 0.15) is 12.6 Å². The predicted molar refractivity (Wildman–Crippen MR) is 68.7 cm³/mol. The zero-order chi connectivity index (χ0) is 13.9. The molecular weight excluding hydrogens is 250 g/mol. The number of aliphatic hydroxyl groups excluding tert-OH is 1. The molecule has 100 valence electrons. The van der Waals surface area contributed by atoms with Crippen molar-refractivity contribution >= 4 is 5.69 Å². The molecule has 0 radical (unpaired) electrons. The van der Waals surface area contributed by atoms with Crippen molar-refractivity contribution in [3.05, 3.63) is 59.9 Å². The first-order valence-electron chi connectivity index (χ1n) is 5.80. The summed E-state index contributed by atoms with van der Waals surface area (Å²) in [7, 11) is 0. The third-order valence-electron chi connectivity index (χ3n) is 2.87. The van der Waals surface area contributed by atoms with Crippen molar-refractivity contribution in [1.82, 2.24) is 4.98 Å². The van der Waals surface area contributed by atoms with Crippen LogP contribution in [0.2, 0.25) is 0 Å². The van der Waals surface area contributed by atoms with Gasteiger partial charge in [0.2, 0.25) is 0 Å². The lowest BCUT2D eigenvalue weighted by Crippen LogP contribution is -2.36. The summed E-state index contributed by atoms with van der Waals surface area (Å²) in [6.45, 7) is 1.50. The average Bonchev–Trinajstić information content (AvgIpc) is 2.42. The van der Waals surface area contributed by atoms with Crippen LogP contribution in [-0.4, -0.2) is 16.7 Å². The Hall–Kier alpha value is -2.01. The molecule has 0 aliphatic rings. The maximum Gasteiger partial charge on any atom is 0.141 e. The molecule has 0 saturated carbocycles. The number of hydrogen-bond donors (Lipinski definition) is 2. The van der Waals surface area contributed by atoms with Crippen LogP contribution < -0.4 is 5.32 Å². The number of benzene rings is 1. The van der Waals surface area contributed by atoms with Crippen LogP contribution in [0.3, 0.4) is 0 Å². The Morgan fingerprint density at radius 1 is 1.11 bits per heavy atom. The van der Waals surface area contributed by atoms with Crippen molar-refractivity contribution in [3.63, 3.8) is 0 Å². The monoisotopic (exact) mass is 264 g/mol. The Labute approximate surface area is 109 Å². The van der Waals surface area contributed by atoms with Crippen LogP contribution in [0, 0.1) is 11.6 Å². The zero-order valence-corrected chi connectivity index (χ0v) is 10.4. The van der Waals surface area contributed by atoms with Gasteiger partial charge in [0.05, 0.1) is 24.0 Å². The highest BCUT2D eigenvalue weighted by Crippen LogP contribution is 2.24. The molecule has 0 aliphatic carbocycles. The van der Waals surface area contributed by atoms with Crippen molar-refractivity contribution in [2.75, 3.05) is 11.9 Å². The molecule has 5 heteroatoms. The summed E-state index contributed by atoms with van der Waals surface area (Å²) in [4.78, 5) is 3.96.